The quantitative estimate of drug-likeness (QED) is 0.0818. The van der Waals surface area contributed by atoms with E-state index >= 15 is 0 Å². The van der Waals surface area contributed by atoms with Gasteiger partial charge in [0.05, 0.1) is 29.6 Å². The van der Waals surface area contributed by atoms with Crippen molar-refractivity contribution in [1.82, 2.24) is 10.6 Å². The van der Waals surface area contributed by atoms with Crippen molar-refractivity contribution in [3.8, 4) is 0 Å². The minimum Gasteiger partial charge on any atom is -0.481 e. The van der Waals surface area contributed by atoms with Gasteiger partial charge in [0.25, 0.3) is 0 Å². The molecule has 14 atom stereocenters. The molecule has 0 heterocycles. The third-order valence-corrected chi connectivity index (χ3v) is 15.8. The van der Waals surface area contributed by atoms with E-state index in [0.29, 0.717) is 24.2 Å². The number of amides is 1. The fourth-order valence-corrected chi connectivity index (χ4v) is 12.8. The molecule has 5 aliphatic rings. The monoisotopic (exact) mass is 733 g/mol. The molecule has 298 valence electrons. The lowest BCUT2D eigenvalue weighted by Gasteiger charge is -2.68. The van der Waals surface area contributed by atoms with Gasteiger partial charge < -0.3 is 41.3 Å². The summed E-state index contributed by atoms with van der Waals surface area (Å²) in [6.07, 6.45) is 11.0. The van der Waals surface area contributed by atoms with Crippen LogP contribution < -0.4 is 10.6 Å². The molecule has 1 amide bonds. The van der Waals surface area contributed by atoms with Gasteiger partial charge in [-0.1, -0.05) is 52.2 Å². The van der Waals surface area contributed by atoms with Crippen molar-refractivity contribution in [2.24, 2.45) is 57.7 Å². The fraction of sp³-hybridized carbons (Fsp3) is 0.905. The largest absolute Gasteiger partial charge is 0.481 e. The number of hydrogen-bond donors (Lipinski definition) is 8. The smallest absolute Gasteiger partial charge is 0.309 e. The number of rotatable bonds is 16. The lowest BCUT2D eigenvalue weighted by Crippen LogP contribution is -2.64. The second-order valence-corrected chi connectivity index (χ2v) is 18.7. The number of carboxylic acid groups (broad SMARTS) is 1. The number of allylic oxidation sites excluding steroid dienone is 2. The van der Waals surface area contributed by atoms with Crippen LogP contribution in [0, 0.1) is 57.7 Å². The lowest BCUT2D eigenvalue weighted by atomic mass is 9.37. The summed E-state index contributed by atoms with van der Waals surface area (Å²) in [7, 11) is 0. The number of nitrogens with one attached hydrogen (secondary N) is 2. The molecule has 0 aromatic carbocycles. The Balaban J connectivity index is 1.31. The molecule has 13 unspecified atom stereocenters. The second-order valence-electron chi connectivity index (χ2n) is 18.7. The van der Waals surface area contributed by atoms with Crippen molar-refractivity contribution >= 4 is 11.9 Å². The molecule has 5 rings (SSSR count). The first-order chi connectivity index (χ1) is 24.6. The zero-order valence-electron chi connectivity index (χ0n) is 32.8. The number of carboxylic acids is 1. The normalized spacial score (nSPS) is 40.8. The average molecular weight is 733 g/mol. The Morgan fingerprint density at radius 3 is 2.21 bits per heavy atom. The maximum absolute atomic E-state index is 14.2. The predicted octanol–water partition coefficient (Wildman–Crippen LogP) is 4.80. The van der Waals surface area contributed by atoms with Crippen LogP contribution in [-0.2, 0) is 9.59 Å². The summed E-state index contributed by atoms with van der Waals surface area (Å²) in [5.41, 5.74) is -0.106. The van der Waals surface area contributed by atoms with E-state index < -0.39 is 48.3 Å². The summed E-state index contributed by atoms with van der Waals surface area (Å²) in [5, 5.41) is 69.5. The summed E-state index contributed by atoms with van der Waals surface area (Å²) in [5.74, 6) is -1.26. The Morgan fingerprint density at radius 2 is 1.54 bits per heavy atom. The predicted molar refractivity (Wildman–Crippen MR) is 201 cm³/mol. The van der Waals surface area contributed by atoms with Gasteiger partial charge in [0.1, 0.15) is 12.2 Å². The minimum absolute atomic E-state index is 0.0274. The van der Waals surface area contributed by atoms with Gasteiger partial charge in [0.2, 0.25) is 5.91 Å². The van der Waals surface area contributed by atoms with Crippen LogP contribution in [0.5, 0.6) is 0 Å². The van der Waals surface area contributed by atoms with Crippen LogP contribution in [0.1, 0.15) is 131 Å². The van der Waals surface area contributed by atoms with Gasteiger partial charge in [-0.15, -0.1) is 0 Å². The van der Waals surface area contributed by atoms with Crippen molar-refractivity contribution in [1.29, 1.82) is 0 Å². The van der Waals surface area contributed by atoms with Crippen LogP contribution in [0.4, 0.5) is 0 Å². The van der Waals surface area contributed by atoms with Crippen molar-refractivity contribution in [2.75, 3.05) is 26.2 Å². The molecule has 4 fully saturated rings. The molecule has 5 aliphatic carbocycles. The van der Waals surface area contributed by atoms with Crippen molar-refractivity contribution in [2.45, 2.75) is 155 Å². The van der Waals surface area contributed by atoms with Gasteiger partial charge in [-0.05, 0) is 150 Å². The topological polar surface area (TPSA) is 180 Å². The van der Waals surface area contributed by atoms with E-state index in [2.05, 4.69) is 44.4 Å². The van der Waals surface area contributed by atoms with Crippen molar-refractivity contribution < 1.29 is 40.2 Å². The van der Waals surface area contributed by atoms with Crippen LogP contribution in [0.2, 0.25) is 0 Å². The SMILES string of the molecule is CCNCCCCCCNC(=O)C12CCC(C)CC1C1=CCC3C(C)(CCC4C3(C)CCC(CC(C(=O)O)C(O)C(O)C(O)CO)[C@@]4(C)O)C1CC2. The van der Waals surface area contributed by atoms with Crippen molar-refractivity contribution in [3.63, 3.8) is 0 Å². The first kappa shape index (κ1) is 41.6. The summed E-state index contributed by atoms with van der Waals surface area (Å²) >= 11 is 0. The van der Waals surface area contributed by atoms with Gasteiger partial charge in [-0.25, -0.2) is 0 Å². The molecule has 10 heteroatoms. The van der Waals surface area contributed by atoms with E-state index in [1.54, 1.807) is 0 Å². The van der Waals surface area contributed by atoms with Gasteiger partial charge in [-0.2, -0.15) is 0 Å². The van der Waals surface area contributed by atoms with Gasteiger partial charge in [0, 0.05) is 6.54 Å². The molecule has 10 nitrogen and oxygen atoms in total. The van der Waals surface area contributed by atoms with E-state index in [9.17, 15) is 40.2 Å². The number of unbranched alkanes of at least 4 members (excludes halogenated alkanes) is 3. The first-order valence-electron chi connectivity index (χ1n) is 20.9. The maximum atomic E-state index is 14.2. The molecule has 8 N–H and O–H groups in total. The third-order valence-electron chi connectivity index (χ3n) is 15.8. The lowest BCUT2D eigenvalue weighted by molar-refractivity contribution is -0.212. The Bertz CT molecular complexity index is 1270. The van der Waals surface area contributed by atoms with E-state index in [4.69, 9.17) is 0 Å². The Morgan fingerprint density at radius 1 is 0.865 bits per heavy atom. The molecule has 0 bridgehead atoms. The van der Waals surface area contributed by atoms with Crippen LogP contribution in [0.25, 0.3) is 0 Å². The fourth-order valence-electron chi connectivity index (χ4n) is 12.8. The summed E-state index contributed by atoms with van der Waals surface area (Å²) < 4.78 is 0. The minimum atomic E-state index is -1.81. The molecule has 0 saturated heterocycles. The van der Waals surface area contributed by atoms with E-state index in [-0.39, 0.29) is 40.4 Å². The standard InChI is InChI=1S/C42H72N2O8/c1-6-43-21-9-7-8-10-22-44-38(51)42-19-13-26(2)23-31(42)28-11-12-33-39(3,30(28)15-20-42)18-16-34-40(33,4)17-14-27(41(34,5)52)24-29(37(49)50)35(47)36(48)32(46)25-45/h11,26-27,29-36,43,45-48,52H,6-10,12-25H2,1-5H3,(H,44,51)(H,49,50)/t26?,27?,29?,30?,31?,32?,33?,34?,35?,36?,39?,40?,41-,42?/m1/s1. The number of aliphatic hydroxyl groups excluding tert-OH is 4. The molecule has 52 heavy (non-hydrogen) atoms. The molecule has 0 radical (unpaired) electrons. The van der Waals surface area contributed by atoms with Crippen LogP contribution in [-0.4, -0.2) is 92.7 Å². The third kappa shape index (κ3) is 7.64. The number of aliphatic carboxylic acids is 1. The molecular formula is C42H72N2O8. The zero-order chi connectivity index (χ0) is 38.1. The number of carbonyl (C=O) groups is 2. The Hall–Kier alpha value is -1.56. The summed E-state index contributed by atoms with van der Waals surface area (Å²) in [6, 6.07) is 0. The van der Waals surface area contributed by atoms with Crippen molar-refractivity contribution in [3.05, 3.63) is 11.6 Å². The highest BCUT2D eigenvalue weighted by atomic mass is 16.4. The molecule has 0 spiro atoms. The number of aliphatic hydroxyl groups is 5. The van der Waals surface area contributed by atoms with Gasteiger partial charge in [0.15, 0.2) is 0 Å². The maximum Gasteiger partial charge on any atom is 0.309 e. The highest BCUT2D eigenvalue weighted by Gasteiger charge is 2.66. The Labute approximate surface area is 312 Å². The van der Waals surface area contributed by atoms with Crippen LogP contribution in [0.3, 0.4) is 0 Å². The van der Waals surface area contributed by atoms with E-state index in [1.165, 1.54) is 18.4 Å². The van der Waals surface area contributed by atoms with Crippen LogP contribution >= 0.6 is 0 Å². The number of carbonyl (C=O) groups excluding carboxylic acids is 1. The Kier molecular flexibility index (Phi) is 13.3. The molecule has 0 aromatic rings. The summed E-state index contributed by atoms with van der Waals surface area (Å²) in [6.45, 7) is 13.2. The number of fused-ring (bicyclic) bond motifs is 7. The molecule has 0 aromatic heterocycles. The van der Waals surface area contributed by atoms with Crippen LogP contribution in [0.15, 0.2) is 11.6 Å². The van der Waals surface area contributed by atoms with Gasteiger partial charge >= 0.3 is 5.97 Å². The first-order valence-corrected chi connectivity index (χ1v) is 20.9. The number of hydrogen-bond acceptors (Lipinski definition) is 8. The second kappa shape index (κ2) is 16.7. The average Bonchev–Trinajstić information content (AvgIpc) is 3.10. The highest BCUT2D eigenvalue weighted by molar-refractivity contribution is 5.84. The van der Waals surface area contributed by atoms with Gasteiger partial charge in [-0.3, -0.25) is 9.59 Å². The van der Waals surface area contributed by atoms with E-state index in [1.807, 2.05) is 6.92 Å². The van der Waals surface area contributed by atoms with E-state index in [0.717, 1.165) is 90.3 Å². The zero-order valence-corrected chi connectivity index (χ0v) is 32.8. The molecule has 0 aliphatic heterocycles. The highest BCUT2D eigenvalue weighted by Crippen LogP contribution is 2.71. The molecular weight excluding hydrogens is 660 g/mol. The summed E-state index contributed by atoms with van der Waals surface area (Å²) in [4.78, 5) is 26.5. The molecule has 4 saturated carbocycles.